The van der Waals surface area contributed by atoms with E-state index in [-0.39, 0.29) is 17.2 Å². The molecular weight excluding hydrogens is 294 g/mol. The zero-order valence-corrected chi connectivity index (χ0v) is 12.8. The van der Waals surface area contributed by atoms with Crippen LogP contribution >= 0.6 is 11.3 Å². The zero-order chi connectivity index (χ0) is 16.0. The summed E-state index contributed by atoms with van der Waals surface area (Å²) in [7, 11) is 0. The molecule has 0 bridgehead atoms. The van der Waals surface area contributed by atoms with Crippen molar-refractivity contribution < 1.29 is 19.5 Å². The van der Waals surface area contributed by atoms with Gasteiger partial charge in [-0.3, -0.25) is 10.1 Å². The number of aliphatic carboxylic acids is 1. The van der Waals surface area contributed by atoms with Crippen molar-refractivity contribution in [3.05, 3.63) is 27.7 Å². The first-order chi connectivity index (χ1) is 9.86. The second-order valence-electron chi connectivity index (χ2n) is 4.31. The maximum Gasteiger partial charge on any atom is 0.331 e. The summed E-state index contributed by atoms with van der Waals surface area (Å²) in [5.74, 6) is -1.93. The van der Waals surface area contributed by atoms with Crippen LogP contribution in [0.1, 0.15) is 38.2 Å². The highest BCUT2D eigenvalue weighted by molar-refractivity contribution is 7.09. The lowest BCUT2D eigenvalue weighted by Gasteiger charge is -2.15. The maximum atomic E-state index is 11.8. The average molecular weight is 311 g/mol. The van der Waals surface area contributed by atoms with E-state index in [1.54, 1.807) is 11.6 Å². The molecular formula is C13H17N3O4S. The molecule has 7 nitrogen and oxygen atoms in total. The van der Waals surface area contributed by atoms with E-state index in [2.05, 4.69) is 15.6 Å². The Morgan fingerprint density at radius 3 is 2.48 bits per heavy atom. The molecule has 8 heteroatoms. The van der Waals surface area contributed by atoms with Gasteiger partial charge < -0.3 is 10.4 Å². The minimum Gasteiger partial charge on any atom is -0.478 e. The maximum absolute atomic E-state index is 11.8. The molecule has 1 unspecified atom stereocenters. The Morgan fingerprint density at radius 1 is 1.33 bits per heavy atom. The van der Waals surface area contributed by atoms with E-state index in [0.29, 0.717) is 6.42 Å². The third kappa shape index (κ3) is 4.67. The van der Waals surface area contributed by atoms with Crippen LogP contribution in [0.25, 0.3) is 0 Å². The SMILES string of the molecule is CCC(NC(=O)NC(=O)C(C)=C(C)C(=O)O)c1nccs1. The molecule has 1 atom stereocenters. The van der Waals surface area contributed by atoms with Gasteiger partial charge >= 0.3 is 12.0 Å². The molecule has 1 aromatic rings. The predicted molar refractivity (Wildman–Crippen MR) is 77.8 cm³/mol. The fourth-order valence-corrected chi connectivity index (χ4v) is 2.24. The molecule has 0 aromatic carbocycles. The molecule has 0 aliphatic heterocycles. The highest BCUT2D eigenvalue weighted by Crippen LogP contribution is 2.18. The van der Waals surface area contributed by atoms with Gasteiger partial charge in [-0.05, 0) is 20.3 Å². The van der Waals surface area contributed by atoms with Gasteiger partial charge in [-0.2, -0.15) is 0 Å². The number of carbonyl (C=O) groups is 3. The first kappa shape index (κ1) is 16.8. The first-order valence-electron chi connectivity index (χ1n) is 6.28. The predicted octanol–water partition coefficient (Wildman–Crippen LogP) is 1.84. The molecule has 0 saturated carbocycles. The Bertz CT molecular complexity index is 566. The summed E-state index contributed by atoms with van der Waals surface area (Å²) in [5, 5.41) is 16.1. The molecule has 0 fully saturated rings. The number of hydrogen-bond acceptors (Lipinski definition) is 5. The summed E-state index contributed by atoms with van der Waals surface area (Å²) < 4.78 is 0. The average Bonchev–Trinajstić information content (AvgIpc) is 2.96. The van der Waals surface area contributed by atoms with Crippen LogP contribution in [0.4, 0.5) is 4.79 Å². The van der Waals surface area contributed by atoms with Crippen molar-refractivity contribution in [1.82, 2.24) is 15.6 Å². The highest BCUT2D eigenvalue weighted by Gasteiger charge is 2.18. The van der Waals surface area contributed by atoms with Crippen molar-refractivity contribution in [2.75, 3.05) is 0 Å². The molecule has 0 spiro atoms. The third-order valence-corrected chi connectivity index (χ3v) is 3.80. The molecule has 114 valence electrons. The Hall–Kier alpha value is -2.22. The number of rotatable bonds is 5. The van der Waals surface area contributed by atoms with Gasteiger partial charge in [0.15, 0.2) is 0 Å². The summed E-state index contributed by atoms with van der Waals surface area (Å²) in [6, 6.07) is -0.970. The van der Waals surface area contributed by atoms with Crippen molar-refractivity contribution in [3.8, 4) is 0 Å². The number of amides is 3. The van der Waals surface area contributed by atoms with Crippen molar-refractivity contribution in [3.63, 3.8) is 0 Å². The van der Waals surface area contributed by atoms with Gasteiger partial charge in [-0.1, -0.05) is 6.92 Å². The van der Waals surface area contributed by atoms with Crippen LogP contribution in [0, 0.1) is 0 Å². The van der Waals surface area contributed by atoms with Crippen molar-refractivity contribution in [1.29, 1.82) is 0 Å². The monoisotopic (exact) mass is 311 g/mol. The van der Waals surface area contributed by atoms with Crippen LogP contribution in [0.3, 0.4) is 0 Å². The van der Waals surface area contributed by atoms with E-state index in [0.717, 1.165) is 5.01 Å². The van der Waals surface area contributed by atoms with E-state index in [1.165, 1.54) is 25.2 Å². The topological polar surface area (TPSA) is 108 Å². The molecule has 0 aliphatic carbocycles. The minimum absolute atomic E-state index is 0.0139. The summed E-state index contributed by atoms with van der Waals surface area (Å²) in [6.07, 6.45) is 2.26. The molecule has 0 aliphatic rings. The largest absolute Gasteiger partial charge is 0.478 e. The first-order valence-corrected chi connectivity index (χ1v) is 7.16. The van der Waals surface area contributed by atoms with Gasteiger partial charge in [0.1, 0.15) is 5.01 Å². The number of thiazole rings is 1. The van der Waals surface area contributed by atoms with Crippen LogP contribution < -0.4 is 10.6 Å². The zero-order valence-electron chi connectivity index (χ0n) is 12.0. The van der Waals surface area contributed by atoms with Crippen molar-refractivity contribution in [2.24, 2.45) is 0 Å². The lowest BCUT2D eigenvalue weighted by Crippen LogP contribution is -2.41. The van der Waals surface area contributed by atoms with E-state index < -0.39 is 17.9 Å². The summed E-state index contributed by atoms with van der Waals surface area (Å²) in [6.45, 7) is 4.54. The molecule has 1 rings (SSSR count). The van der Waals surface area contributed by atoms with E-state index in [1.807, 2.05) is 6.92 Å². The number of carboxylic acid groups (broad SMARTS) is 1. The van der Waals surface area contributed by atoms with Crippen LogP contribution in [0.15, 0.2) is 22.7 Å². The molecule has 1 aromatic heterocycles. The number of urea groups is 1. The second-order valence-corrected chi connectivity index (χ2v) is 5.24. The van der Waals surface area contributed by atoms with E-state index in [4.69, 9.17) is 5.11 Å². The van der Waals surface area contributed by atoms with E-state index in [9.17, 15) is 14.4 Å². The molecule has 1 heterocycles. The normalized spacial score (nSPS) is 13.1. The van der Waals surface area contributed by atoms with Gasteiger partial charge in [0.05, 0.1) is 6.04 Å². The van der Waals surface area contributed by atoms with Gasteiger partial charge in [0.25, 0.3) is 5.91 Å². The number of carboxylic acids is 1. The Balaban J connectivity index is 2.67. The number of imide groups is 1. The Morgan fingerprint density at radius 2 is 2.00 bits per heavy atom. The second kappa shape index (κ2) is 7.53. The van der Waals surface area contributed by atoms with Crippen LogP contribution in [-0.4, -0.2) is 28.0 Å². The minimum atomic E-state index is -1.20. The Kier molecular flexibility index (Phi) is 6.04. The number of hydrogen-bond donors (Lipinski definition) is 3. The van der Waals surface area contributed by atoms with E-state index >= 15 is 0 Å². The summed E-state index contributed by atoms with van der Waals surface area (Å²) in [4.78, 5) is 38.4. The molecule has 21 heavy (non-hydrogen) atoms. The third-order valence-electron chi connectivity index (χ3n) is 2.91. The lowest BCUT2D eigenvalue weighted by atomic mass is 10.1. The molecule has 0 radical (unpaired) electrons. The van der Waals surface area contributed by atoms with Crippen molar-refractivity contribution >= 4 is 29.2 Å². The van der Waals surface area contributed by atoms with Gasteiger partial charge in [-0.25, -0.2) is 14.6 Å². The standard InChI is InChI=1S/C13H17N3O4S/c1-4-9(11-14-5-6-21-11)15-13(20)16-10(17)7(2)8(3)12(18)19/h5-6,9H,4H2,1-3H3,(H,18,19)(H2,15,16,17,20). The van der Waals surface area contributed by atoms with Crippen molar-refractivity contribution in [2.45, 2.75) is 33.2 Å². The number of nitrogens with zero attached hydrogens (tertiary/aromatic N) is 1. The molecule has 3 N–H and O–H groups in total. The van der Waals surface area contributed by atoms with Crippen LogP contribution in [0.2, 0.25) is 0 Å². The van der Waals surface area contributed by atoms with Crippen LogP contribution in [-0.2, 0) is 9.59 Å². The quantitative estimate of drug-likeness (QED) is 0.719. The molecule has 0 saturated heterocycles. The number of nitrogens with one attached hydrogen (secondary N) is 2. The molecule has 3 amide bonds. The highest BCUT2D eigenvalue weighted by atomic mass is 32.1. The number of carbonyl (C=O) groups excluding carboxylic acids is 2. The lowest BCUT2D eigenvalue weighted by molar-refractivity contribution is -0.133. The fraction of sp³-hybridized carbons (Fsp3) is 0.385. The summed E-state index contributed by atoms with van der Waals surface area (Å²) >= 11 is 1.41. The van der Waals surface area contributed by atoms with Crippen LogP contribution in [0.5, 0.6) is 0 Å². The van der Waals surface area contributed by atoms with Gasteiger partial charge in [-0.15, -0.1) is 11.3 Å². The van der Waals surface area contributed by atoms with Gasteiger partial charge in [0, 0.05) is 22.7 Å². The van der Waals surface area contributed by atoms with Gasteiger partial charge in [0.2, 0.25) is 0 Å². The fourth-order valence-electron chi connectivity index (χ4n) is 1.47. The summed E-state index contributed by atoms with van der Waals surface area (Å²) in [5.41, 5.74) is -0.118. The Labute approximate surface area is 126 Å². The number of aromatic nitrogens is 1. The smallest absolute Gasteiger partial charge is 0.331 e.